The Hall–Kier alpha value is -1.01. The minimum absolute atomic E-state index is 0.0181. The van der Waals surface area contributed by atoms with E-state index in [1.54, 1.807) is 0 Å². The van der Waals surface area contributed by atoms with E-state index in [0.717, 1.165) is 6.08 Å². The summed E-state index contributed by atoms with van der Waals surface area (Å²) < 4.78 is 35.7. The zero-order chi connectivity index (χ0) is 11.4. The summed E-state index contributed by atoms with van der Waals surface area (Å²) >= 11 is 0. The van der Waals surface area contributed by atoms with Gasteiger partial charge < -0.3 is 10.0 Å². The molecule has 0 aliphatic heterocycles. The summed E-state index contributed by atoms with van der Waals surface area (Å²) in [5.41, 5.74) is -1.06. The van der Waals surface area contributed by atoms with Gasteiger partial charge in [-0.1, -0.05) is 24.8 Å². The molecule has 0 rings (SSSR count). The Bertz CT molecular complexity index is 266. The first-order chi connectivity index (χ1) is 6.29. The monoisotopic (exact) mass is 206 g/mol. The van der Waals surface area contributed by atoms with Crippen LogP contribution in [0.2, 0.25) is 0 Å². The number of hydrogen-bond donors (Lipinski definition) is 2. The topological polar surface area (TPSA) is 40.5 Å². The van der Waals surface area contributed by atoms with Crippen molar-refractivity contribution in [3.8, 4) is 0 Å². The molecule has 0 heterocycles. The largest absolute Gasteiger partial charge is 0.488 e. The van der Waals surface area contributed by atoms with E-state index in [1.165, 1.54) is 13.0 Å². The van der Waals surface area contributed by atoms with Gasteiger partial charge in [0.2, 0.25) is 0 Å². The van der Waals surface area contributed by atoms with E-state index >= 15 is 0 Å². The first-order valence-electron chi connectivity index (χ1n) is 3.75. The normalized spacial score (nSPS) is 13.4. The standard InChI is InChI=1S/C8H10BF3O2/c1-3-7(9(13)14)5-4-6(2)8(10,11)12/h3-5,13-14H,2H2,1H3/b5-4-,7-3+. The van der Waals surface area contributed by atoms with Crippen LogP contribution in [0.4, 0.5) is 13.2 Å². The van der Waals surface area contributed by atoms with Crippen molar-refractivity contribution >= 4 is 7.12 Å². The Kier molecular flexibility index (Phi) is 4.66. The minimum atomic E-state index is -4.49. The smallest absolute Gasteiger partial charge is 0.423 e. The molecule has 0 bridgehead atoms. The van der Waals surface area contributed by atoms with Crippen molar-refractivity contribution in [1.29, 1.82) is 0 Å². The second kappa shape index (κ2) is 5.02. The van der Waals surface area contributed by atoms with Crippen LogP contribution in [-0.4, -0.2) is 23.3 Å². The summed E-state index contributed by atoms with van der Waals surface area (Å²) in [6, 6.07) is 0. The molecule has 14 heavy (non-hydrogen) atoms. The second-order valence-electron chi connectivity index (χ2n) is 2.52. The lowest BCUT2D eigenvalue weighted by Crippen LogP contribution is -2.14. The summed E-state index contributed by atoms with van der Waals surface area (Å²) in [5.74, 6) is 0. The third-order valence-corrected chi connectivity index (χ3v) is 1.47. The third kappa shape index (κ3) is 4.29. The van der Waals surface area contributed by atoms with Gasteiger partial charge in [-0.25, -0.2) is 0 Å². The van der Waals surface area contributed by atoms with Crippen molar-refractivity contribution in [3.63, 3.8) is 0 Å². The highest BCUT2D eigenvalue weighted by molar-refractivity contribution is 6.51. The highest BCUT2D eigenvalue weighted by atomic mass is 19.4. The van der Waals surface area contributed by atoms with Crippen molar-refractivity contribution in [3.05, 3.63) is 35.9 Å². The molecule has 6 heteroatoms. The zero-order valence-corrected chi connectivity index (χ0v) is 7.54. The summed E-state index contributed by atoms with van der Waals surface area (Å²) in [6.45, 7) is 4.27. The van der Waals surface area contributed by atoms with Crippen molar-refractivity contribution in [2.24, 2.45) is 0 Å². The Morgan fingerprint density at radius 3 is 2.07 bits per heavy atom. The molecule has 0 spiro atoms. The van der Waals surface area contributed by atoms with Gasteiger partial charge in [-0.05, 0) is 12.4 Å². The summed E-state index contributed by atoms with van der Waals surface area (Å²) in [6.07, 6.45) is -1.55. The fraction of sp³-hybridized carbons (Fsp3) is 0.250. The summed E-state index contributed by atoms with van der Waals surface area (Å²) in [4.78, 5) is 0. The molecule has 0 aromatic heterocycles. The van der Waals surface area contributed by atoms with Crippen molar-refractivity contribution in [1.82, 2.24) is 0 Å². The van der Waals surface area contributed by atoms with Crippen LogP contribution in [0.3, 0.4) is 0 Å². The van der Waals surface area contributed by atoms with Crippen LogP contribution in [0, 0.1) is 0 Å². The molecule has 0 unspecified atom stereocenters. The van der Waals surface area contributed by atoms with Gasteiger partial charge in [-0.2, -0.15) is 13.2 Å². The molecule has 0 fully saturated rings. The Labute approximate surface area is 80.2 Å². The van der Waals surface area contributed by atoms with Crippen molar-refractivity contribution < 1.29 is 23.2 Å². The molecule has 0 saturated heterocycles. The molecule has 0 aliphatic rings. The molecular weight excluding hydrogens is 196 g/mol. The molecule has 0 radical (unpaired) electrons. The van der Waals surface area contributed by atoms with Gasteiger partial charge in [0.1, 0.15) is 0 Å². The number of halogens is 3. The van der Waals surface area contributed by atoms with Crippen LogP contribution in [-0.2, 0) is 0 Å². The number of hydrogen-bond acceptors (Lipinski definition) is 2. The SMILES string of the molecule is C=C(/C=C\C(=C/C)B(O)O)C(F)(F)F. The van der Waals surface area contributed by atoms with Gasteiger partial charge in [0.25, 0.3) is 0 Å². The number of allylic oxidation sites excluding steroid dienone is 5. The van der Waals surface area contributed by atoms with Crippen LogP contribution >= 0.6 is 0 Å². The highest BCUT2D eigenvalue weighted by Crippen LogP contribution is 2.25. The molecule has 78 valence electrons. The van der Waals surface area contributed by atoms with Crippen LogP contribution in [0.15, 0.2) is 35.9 Å². The first kappa shape index (κ1) is 13.0. The molecule has 2 nitrogen and oxygen atoms in total. The average molecular weight is 206 g/mol. The Morgan fingerprint density at radius 1 is 1.29 bits per heavy atom. The van der Waals surface area contributed by atoms with Crippen LogP contribution < -0.4 is 0 Å². The van der Waals surface area contributed by atoms with E-state index in [1.807, 2.05) is 0 Å². The van der Waals surface area contributed by atoms with Crippen LogP contribution in [0.5, 0.6) is 0 Å². The van der Waals surface area contributed by atoms with E-state index in [4.69, 9.17) is 10.0 Å². The maximum Gasteiger partial charge on any atom is 0.488 e. The molecular formula is C8H10BF3O2. The lowest BCUT2D eigenvalue weighted by molar-refractivity contribution is -0.0878. The van der Waals surface area contributed by atoms with E-state index in [9.17, 15) is 13.2 Å². The Balaban J connectivity index is 4.53. The van der Waals surface area contributed by atoms with Crippen molar-refractivity contribution in [2.75, 3.05) is 0 Å². The van der Waals surface area contributed by atoms with E-state index in [-0.39, 0.29) is 5.47 Å². The van der Waals surface area contributed by atoms with Crippen LogP contribution in [0.25, 0.3) is 0 Å². The quantitative estimate of drug-likeness (QED) is 0.544. The number of rotatable bonds is 3. The first-order valence-corrected chi connectivity index (χ1v) is 3.75. The Morgan fingerprint density at radius 2 is 1.79 bits per heavy atom. The molecule has 0 amide bonds. The van der Waals surface area contributed by atoms with Gasteiger partial charge >= 0.3 is 13.3 Å². The predicted octanol–water partition coefficient (Wildman–Crippen LogP) is 1.62. The molecule has 0 aliphatic carbocycles. The van der Waals surface area contributed by atoms with Gasteiger partial charge in [-0.15, -0.1) is 0 Å². The van der Waals surface area contributed by atoms with Crippen LogP contribution in [0.1, 0.15) is 6.92 Å². The lowest BCUT2D eigenvalue weighted by Gasteiger charge is -2.05. The van der Waals surface area contributed by atoms with E-state index in [2.05, 4.69) is 6.58 Å². The molecule has 2 N–H and O–H groups in total. The number of alkyl halides is 3. The van der Waals surface area contributed by atoms with Crippen molar-refractivity contribution in [2.45, 2.75) is 13.1 Å². The summed E-state index contributed by atoms with van der Waals surface area (Å²) in [5, 5.41) is 17.3. The highest BCUT2D eigenvalue weighted by Gasteiger charge is 2.29. The maximum atomic E-state index is 11.9. The molecule has 0 aromatic rings. The third-order valence-electron chi connectivity index (χ3n) is 1.47. The molecule has 0 saturated carbocycles. The zero-order valence-electron chi connectivity index (χ0n) is 7.54. The average Bonchev–Trinajstić information content (AvgIpc) is 2.02. The molecule has 0 aromatic carbocycles. The van der Waals surface area contributed by atoms with Gasteiger partial charge in [0.05, 0.1) is 0 Å². The van der Waals surface area contributed by atoms with Gasteiger partial charge in [0.15, 0.2) is 0 Å². The van der Waals surface area contributed by atoms with E-state index in [0.29, 0.717) is 6.08 Å². The molecule has 0 atom stereocenters. The second-order valence-corrected chi connectivity index (χ2v) is 2.52. The van der Waals surface area contributed by atoms with E-state index < -0.39 is 18.9 Å². The van der Waals surface area contributed by atoms with Gasteiger partial charge in [0, 0.05) is 5.57 Å². The lowest BCUT2D eigenvalue weighted by atomic mass is 9.79. The fourth-order valence-corrected chi connectivity index (χ4v) is 0.623. The maximum absolute atomic E-state index is 11.9. The van der Waals surface area contributed by atoms with Gasteiger partial charge in [-0.3, -0.25) is 0 Å². The predicted molar refractivity (Wildman–Crippen MR) is 48.3 cm³/mol. The summed E-state index contributed by atoms with van der Waals surface area (Å²) in [7, 11) is -1.78. The minimum Gasteiger partial charge on any atom is -0.423 e. The fourth-order valence-electron chi connectivity index (χ4n) is 0.623.